The van der Waals surface area contributed by atoms with Gasteiger partial charge in [-0.2, -0.15) is 0 Å². The molecule has 1 aromatic carbocycles. The zero-order chi connectivity index (χ0) is 15.9. The second-order valence-corrected chi connectivity index (χ2v) is 6.24. The van der Waals surface area contributed by atoms with Crippen molar-refractivity contribution in [3.8, 4) is 0 Å². The van der Waals surface area contributed by atoms with Gasteiger partial charge in [0.1, 0.15) is 0 Å². The molecule has 1 fully saturated rings. The Morgan fingerprint density at radius 2 is 1.83 bits per heavy atom. The van der Waals surface area contributed by atoms with Crippen LogP contribution in [0.4, 0.5) is 5.69 Å². The lowest BCUT2D eigenvalue weighted by Crippen LogP contribution is -2.45. The molecule has 2 heterocycles. The standard InChI is InChI=1S/C18H22N4S/c23-18(20-15-6-2-1-3-7-15)21-16-9-12-22(13-10-16)14-17-8-4-5-11-19-17/h1-8,11,16H,9-10,12-14H2,(H2,20,21,23). The van der Waals surface area contributed by atoms with E-state index in [1.165, 1.54) is 0 Å². The minimum absolute atomic E-state index is 0.443. The molecular weight excluding hydrogens is 304 g/mol. The predicted molar refractivity (Wildman–Crippen MR) is 98.3 cm³/mol. The summed E-state index contributed by atoms with van der Waals surface area (Å²) in [6.45, 7) is 3.07. The minimum atomic E-state index is 0.443. The summed E-state index contributed by atoms with van der Waals surface area (Å²) in [5.41, 5.74) is 2.16. The molecule has 0 saturated carbocycles. The number of rotatable bonds is 4. The summed E-state index contributed by atoms with van der Waals surface area (Å²) in [6, 6.07) is 16.6. The van der Waals surface area contributed by atoms with Crippen LogP contribution in [0, 0.1) is 0 Å². The molecule has 120 valence electrons. The quantitative estimate of drug-likeness (QED) is 0.845. The molecule has 2 N–H and O–H groups in total. The van der Waals surface area contributed by atoms with E-state index in [4.69, 9.17) is 12.2 Å². The number of aromatic nitrogens is 1. The lowest BCUT2D eigenvalue weighted by Gasteiger charge is -2.32. The van der Waals surface area contributed by atoms with Gasteiger partial charge in [0.2, 0.25) is 0 Å². The molecule has 3 rings (SSSR count). The van der Waals surface area contributed by atoms with Gasteiger partial charge in [0.15, 0.2) is 5.11 Å². The van der Waals surface area contributed by atoms with E-state index < -0.39 is 0 Å². The van der Waals surface area contributed by atoms with E-state index in [9.17, 15) is 0 Å². The summed E-state index contributed by atoms with van der Waals surface area (Å²) < 4.78 is 0. The number of nitrogens with zero attached hydrogens (tertiary/aromatic N) is 2. The summed E-state index contributed by atoms with van der Waals surface area (Å²) in [7, 11) is 0. The zero-order valence-corrected chi connectivity index (χ0v) is 13.9. The van der Waals surface area contributed by atoms with Crippen molar-refractivity contribution in [3.05, 3.63) is 60.4 Å². The highest BCUT2D eigenvalue weighted by molar-refractivity contribution is 7.80. The van der Waals surface area contributed by atoms with Gasteiger partial charge in [0.25, 0.3) is 0 Å². The third kappa shape index (κ3) is 5.01. The van der Waals surface area contributed by atoms with E-state index in [1.807, 2.05) is 48.7 Å². The van der Waals surface area contributed by atoms with E-state index >= 15 is 0 Å². The second kappa shape index (κ2) is 8.04. The maximum Gasteiger partial charge on any atom is 0.170 e. The number of likely N-dealkylation sites (tertiary alicyclic amines) is 1. The molecule has 23 heavy (non-hydrogen) atoms. The molecule has 0 radical (unpaired) electrons. The lowest BCUT2D eigenvalue weighted by atomic mass is 10.1. The van der Waals surface area contributed by atoms with Crippen LogP contribution < -0.4 is 10.6 Å². The summed E-state index contributed by atoms with van der Waals surface area (Å²) in [5, 5.41) is 7.37. The molecule has 0 aliphatic carbocycles. The van der Waals surface area contributed by atoms with Crippen molar-refractivity contribution in [2.75, 3.05) is 18.4 Å². The van der Waals surface area contributed by atoms with Gasteiger partial charge < -0.3 is 10.6 Å². The van der Waals surface area contributed by atoms with Crippen LogP contribution in [0.25, 0.3) is 0 Å². The smallest absolute Gasteiger partial charge is 0.170 e. The van der Waals surface area contributed by atoms with Crippen LogP contribution in [0.15, 0.2) is 54.7 Å². The number of hydrogen-bond donors (Lipinski definition) is 2. The normalized spacial score (nSPS) is 16.0. The van der Waals surface area contributed by atoms with Gasteiger partial charge in [-0.1, -0.05) is 24.3 Å². The molecule has 1 aliphatic heterocycles. The number of benzene rings is 1. The van der Waals surface area contributed by atoms with Crippen molar-refractivity contribution >= 4 is 23.0 Å². The van der Waals surface area contributed by atoms with Crippen LogP contribution in [-0.4, -0.2) is 34.1 Å². The minimum Gasteiger partial charge on any atom is -0.360 e. The second-order valence-electron chi connectivity index (χ2n) is 5.84. The summed E-state index contributed by atoms with van der Waals surface area (Å²) in [5.74, 6) is 0. The van der Waals surface area contributed by atoms with Crippen LogP contribution >= 0.6 is 12.2 Å². The molecule has 0 atom stereocenters. The summed E-state index contributed by atoms with van der Waals surface area (Å²) in [6.07, 6.45) is 4.06. The Morgan fingerprint density at radius 1 is 1.09 bits per heavy atom. The maximum atomic E-state index is 5.41. The van der Waals surface area contributed by atoms with E-state index in [0.29, 0.717) is 11.2 Å². The number of thiocarbonyl (C=S) groups is 1. The Kier molecular flexibility index (Phi) is 5.56. The van der Waals surface area contributed by atoms with Crippen molar-refractivity contribution in [2.24, 2.45) is 0 Å². The average Bonchev–Trinajstić information content (AvgIpc) is 2.58. The monoisotopic (exact) mass is 326 g/mol. The van der Waals surface area contributed by atoms with Crippen LogP contribution in [0.1, 0.15) is 18.5 Å². The van der Waals surface area contributed by atoms with E-state index in [1.54, 1.807) is 0 Å². The zero-order valence-electron chi connectivity index (χ0n) is 13.1. The fourth-order valence-corrected chi connectivity index (χ4v) is 3.11. The molecule has 1 aromatic heterocycles. The Morgan fingerprint density at radius 3 is 2.52 bits per heavy atom. The first-order valence-electron chi connectivity index (χ1n) is 8.04. The van der Waals surface area contributed by atoms with Crippen molar-refractivity contribution in [1.29, 1.82) is 0 Å². The first-order valence-corrected chi connectivity index (χ1v) is 8.45. The third-order valence-electron chi connectivity index (χ3n) is 4.07. The van der Waals surface area contributed by atoms with Gasteiger partial charge in [0.05, 0.1) is 5.69 Å². The molecule has 0 spiro atoms. The third-order valence-corrected chi connectivity index (χ3v) is 4.29. The Balaban J connectivity index is 1.41. The fraction of sp³-hybridized carbons (Fsp3) is 0.333. The van der Waals surface area contributed by atoms with Gasteiger partial charge in [-0.05, 0) is 49.3 Å². The van der Waals surface area contributed by atoms with Gasteiger partial charge in [0, 0.05) is 37.6 Å². The summed E-state index contributed by atoms with van der Waals surface area (Å²) >= 11 is 5.41. The van der Waals surface area contributed by atoms with E-state index in [2.05, 4.69) is 26.6 Å². The van der Waals surface area contributed by atoms with Crippen LogP contribution in [0.3, 0.4) is 0 Å². The van der Waals surface area contributed by atoms with Crippen LogP contribution in [0.2, 0.25) is 0 Å². The van der Waals surface area contributed by atoms with Gasteiger partial charge in [-0.15, -0.1) is 0 Å². The van der Waals surface area contributed by atoms with Crippen molar-refractivity contribution < 1.29 is 0 Å². The van der Waals surface area contributed by atoms with Crippen LogP contribution in [0.5, 0.6) is 0 Å². The number of nitrogens with one attached hydrogen (secondary N) is 2. The molecule has 0 bridgehead atoms. The number of piperidine rings is 1. The van der Waals surface area contributed by atoms with E-state index in [-0.39, 0.29) is 0 Å². The maximum absolute atomic E-state index is 5.41. The molecule has 1 aliphatic rings. The highest BCUT2D eigenvalue weighted by Gasteiger charge is 2.19. The topological polar surface area (TPSA) is 40.2 Å². The average molecular weight is 326 g/mol. The van der Waals surface area contributed by atoms with Crippen molar-refractivity contribution in [2.45, 2.75) is 25.4 Å². The Labute approximate surface area is 142 Å². The number of pyridine rings is 1. The number of hydrogen-bond acceptors (Lipinski definition) is 3. The van der Waals surface area contributed by atoms with Gasteiger partial charge in [-0.3, -0.25) is 9.88 Å². The van der Waals surface area contributed by atoms with Gasteiger partial charge >= 0.3 is 0 Å². The highest BCUT2D eigenvalue weighted by Crippen LogP contribution is 2.13. The molecule has 0 unspecified atom stereocenters. The highest BCUT2D eigenvalue weighted by atomic mass is 32.1. The number of anilines is 1. The Bertz CT molecular complexity index is 609. The predicted octanol–water partition coefficient (Wildman–Crippen LogP) is 3.03. The number of para-hydroxylation sites is 1. The molecule has 4 nitrogen and oxygen atoms in total. The molecule has 2 aromatic rings. The SMILES string of the molecule is S=C(Nc1ccccc1)NC1CCN(Cc2ccccn2)CC1. The van der Waals surface area contributed by atoms with Gasteiger partial charge in [-0.25, -0.2) is 0 Å². The fourth-order valence-electron chi connectivity index (χ4n) is 2.83. The molecular formula is C18H22N4S. The summed E-state index contributed by atoms with van der Waals surface area (Å²) in [4.78, 5) is 6.85. The van der Waals surface area contributed by atoms with Crippen molar-refractivity contribution in [3.63, 3.8) is 0 Å². The molecule has 1 saturated heterocycles. The largest absolute Gasteiger partial charge is 0.360 e. The van der Waals surface area contributed by atoms with E-state index in [0.717, 1.165) is 43.9 Å². The molecule has 5 heteroatoms. The molecule has 0 amide bonds. The van der Waals surface area contributed by atoms with Crippen LogP contribution in [-0.2, 0) is 6.54 Å². The first-order chi connectivity index (χ1) is 11.3. The lowest BCUT2D eigenvalue weighted by molar-refractivity contribution is 0.197. The van der Waals surface area contributed by atoms with Crippen molar-refractivity contribution in [1.82, 2.24) is 15.2 Å². The first kappa shape index (κ1) is 15.9. The Hall–Kier alpha value is -1.98.